The minimum absolute atomic E-state index is 0.0499. The summed E-state index contributed by atoms with van der Waals surface area (Å²) in [5.74, 6) is -1.16. The predicted molar refractivity (Wildman–Crippen MR) is 59.2 cm³/mol. The highest BCUT2D eigenvalue weighted by atomic mass is 16.4. The van der Waals surface area contributed by atoms with Gasteiger partial charge in [0, 0.05) is 12.8 Å². The van der Waals surface area contributed by atoms with E-state index in [1.54, 1.807) is 0 Å². The van der Waals surface area contributed by atoms with E-state index >= 15 is 0 Å². The minimum atomic E-state index is -0.828. The summed E-state index contributed by atoms with van der Waals surface area (Å²) in [7, 11) is 0. The summed E-state index contributed by atoms with van der Waals surface area (Å²) in [6.07, 6.45) is 6.41. The van der Waals surface area contributed by atoms with E-state index in [0.717, 1.165) is 25.7 Å². The molecule has 1 atom stereocenters. The van der Waals surface area contributed by atoms with Gasteiger partial charge >= 0.3 is 11.9 Å². The molecule has 0 aromatic carbocycles. The lowest BCUT2D eigenvalue weighted by atomic mass is 9.76. The molecule has 0 aliphatic heterocycles. The summed E-state index contributed by atoms with van der Waals surface area (Å²) in [4.78, 5) is 21.3. The Balaban J connectivity index is 2.47. The quantitative estimate of drug-likeness (QED) is 0.732. The third-order valence-electron chi connectivity index (χ3n) is 3.48. The molecule has 92 valence electrons. The number of hydrogen-bond acceptors (Lipinski definition) is 2. The number of carboxylic acids is 2. The molecule has 0 radical (unpaired) electrons. The van der Waals surface area contributed by atoms with Crippen molar-refractivity contribution in [2.45, 2.75) is 51.4 Å². The zero-order valence-electron chi connectivity index (χ0n) is 9.52. The molecule has 4 heteroatoms. The van der Waals surface area contributed by atoms with E-state index in [1.807, 2.05) is 0 Å². The van der Waals surface area contributed by atoms with Gasteiger partial charge in [0.2, 0.25) is 0 Å². The Morgan fingerprint density at radius 2 is 1.69 bits per heavy atom. The van der Waals surface area contributed by atoms with E-state index in [4.69, 9.17) is 10.2 Å². The summed E-state index contributed by atoms with van der Waals surface area (Å²) in [5, 5.41) is 17.5. The average Bonchev–Trinajstić information content (AvgIpc) is 2.25. The molecule has 0 amide bonds. The smallest absolute Gasteiger partial charge is 0.303 e. The molecule has 0 bridgehead atoms. The van der Waals surface area contributed by atoms with Crippen LogP contribution in [0.1, 0.15) is 51.4 Å². The molecule has 1 saturated carbocycles. The van der Waals surface area contributed by atoms with Gasteiger partial charge in [0.05, 0.1) is 0 Å². The van der Waals surface area contributed by atoms with Crippen LogP contribution in [0.4, 0.5) is 0 Å². The molecule has 2 N–H and O–H groups in total. The Kier molecular flexibility index (Phi) is 5.29. The second kappa shape index (κ2) is 6.51. The first-order chi connectivity index (χ1) is 7.59. The predicted octanol–water partition coefficient (Wildman–Crippen LogP) is 2.52. The molecule has 1 fully saturated rings. The van der Waals surface area contributed by atoms with Crippen LogP contribution in [-0.4, -0.2) is 22.2 Å². The number of carboxylic acid groups (broad SMARTS) is 2. The summed E-state index contributed by atoms with van der Waals surface area (Å²) >= 11 is 0. The zero-order valence-corrected chi connectivity index (χ0v) is 9.52. The van der Waals surface area contributed by atoms with Crippen molar-refractivity contribution in [3.63, 3.8) is 0 Å². The van der Waals surface area contributed by atoms with Crippen LogP contribution in [0.3, 0.4) is 0 Å². The molecule has 0 aromatic rings. The maximum absolute atomic E-state index is 10.7. The van der Waals surface area contributed by atoms with Gasteiger partial charge < -0.3 is 10.2 Å². The molecular weight excluding hydrogens is 208 g/mol. The van der Waals surface area contributed by atoms with E-state index in [-0.39, 0.29) is 18.8 Å². The second-order valence-corrected chi connectivity index (χ2v) is 4.69. The molecule has 0 saturated heterocycles. The van der Waals surface area contributed by atoms with Crippen molar-refractivity contribution in [3.05, 3.63) is 0 Å². The maximum atomic E-state index is 10.7. The van der Waals surface area contributed by atoms with Crippen molar-refractivity contribution in [1.29, 1.82) is 0 Å². The van der Waals surface area contributed by atoms with Crippen molar-refractivity contribution >= 4 is 11.9 Å². The van der Waals surface area contributed by atoms with Gasteiger partial charge in [-0.15, -0.1) is 0 Å². The lowest BCUT2D eigenvalue weighted by Gasteiger charge is -2.29. The number of rotatable bonds is 6. The van der Waals surface area contributed by atoms with Gasteiger partial charge in [0.25, 0.3) is 0 Å². The normalized spacial score (nSPS) is 19.2. The Morgan fingerprint density at radius 3 is 2.19 bits per heavy atom. The molecule has 1 unspecified atom stereocenters. The van der Waals surface area contributed by atoms with Crippen molar-refractivity contribution in [3.8, 4) is 0 Å². The molecule has 4 nitrogen and oxygen atoms in total. The third-order valence-corrected chi connectivity index (χ3v) is 3.48. The zero-order chi connectivity index (χ0) is 12.0. The lowest BCUT2D eigenvalue weighted by Crippen LogP contribution is -2.21. The summed E-state index contributed by atoms with van der Waals surface area (Å²) in [6, 6.07) is 0. The molecule has 1 aliphatic carbocycles. The van der Waals surface area contributed by atoms with Gasteiger partial charge in [0.15, 0.2) is 0 Å². The van der Waals surface area contributed by atoms with Crippen molar-refractivity contribution in [1.82, 2.24) is 0 Å². The second-order valence-electron chi connectivity index (χ2n) is 4.69. The van der Waals surface area contributed by atoms with Crippen molar-refractivity contribution < 1.29 is 19.8 Å². The van der Waals surface area contributed by atoms with E-state index in [1.165, 1.54) is 6.42 Å². The molecule has 0 spiro atoms. The van der Waals surface area contributed by atoms with Crippen LogP contribution in [0.5, 0.6) is 0 Å². The maximum Gasteiger partial charge on any atom is 0.303 e. The fourth-order valence-corrected chi connectivity index (χ4v) is 2.64. The molecule has 16 heavy (non-hydrogen) atoms. The highest BCUT2D eigenvalue weighted by molar-refractivity contribution is 5.68. The number of hydrogen-bond donors (Lipinski definition) is 2. The lowest BCUT2D eigenvalue weighted by molar-refractivity contribution is -0.141. The molecule has 1 aliphatic rings. The van der Waals surface area contributed by atoms with Crippen LogP contribution in [-0.2, 0) is 9.59 Å². The number of aliphatic carboxylic acids is 2. The van der Waals surface area contributed by atoms with Crippen molar-refractivity contribution in [2.24, 2.45) is 11.8 Å². The van der Waals surface area contributed by atoms with Gasteiger partial charge in [-0.25, -0.2) is 0 Å². The summed E-state index contributed by atoms with van der Waals surface area (Å²) in [5.41, 5.74) is 0. The monoisotopic (exact) mass is 228 g/mol. The number of carbonyl (C=O) groups is 2. The first-order valence-corrected chi connectivity index (χ1v) is 6.03. The van der Waals surface area contributed by atoms with Crippen LogP contribution in [0.25, 0.3) is 0 Å². The van der Waals surface area contributed by atoms with Gasteiger partial charge in [-0.05, 0) is 18.3 Å². The summed E-state index contributed by atoms with van der Waals surface area (Å²) in [6.45, 7) is 0. The minimum Gasteiger partial charge on any atom is -0.481 e. The van der Waals surface area contributed by atoms with Gasteiger partial charge in [-0.2, -0.15) is 0 Å². The Labute approximate surface area is 95.7 Å². The SMILES string of the molecule is O=C(O)CCC(CC(=O)O)C1CCCCC1. The topological polar surface area (TPSA) is 74.6 Å². The van der Waals surface area contributed by atoms with E-state index in [2.05, 4.69) is 0 Å². The van der Waals surface area contributed by atoms with Crippen molar-refractivity contribution in [2.75, 3.05) is 0 Å². The molecule has 1 rings (SSSR count). The fourth-order valence-electron chi connectivity index (χ4n) is 2.64. The van der Waals surface area contributed by atoms with E-state index in [9.17, 15) is 9.59 Å². The molecule has 0 aromatic heterocycles. The third kappa shape index (κ3) is 4.64. The Hall–Kier alpha value is -1.06. The Bertz CT molecular complexity index is 243. The van der Waals surface area contributed by atoms with Crippen LogP contribution in [0.15, 0.2) is 0 Å². The average molecular weight is 228 g/mol. The largest absolute Gasteiger partial charge is 0.481 e. The highest BCUT2D eigenvalue weighted by Crippen LogP contribution is 2.34. The van der Waals surface area contributed by atoms with E-state index in [0.29, 0.717) is 12.3 Å². The molecular formula is C12H20O4. The highest BCUT2D eigenvalue weighted by Gasteiger charge is 2.25. The van der Waals surface area contributed by atoms with Crippen LogP contribution in [0.2, 0.25) is 0 Å². The van der Waals surface area contributed by atoms with Crippen LogP contribution in [0, 0.1) is 11.8 Å². The first kappa shape index (κ1) is 13.0. The Morgan fingerprint density at radius 1 is 1.06 bits per heavy atom. The first-order valence-electron chi connectivity index (χ1n) is 6.03. The van der Waals surface area contributed by atoms with Gasteiger partial charge in [-0.1, -0.05) is 32.1 Å². The van der Waals surface area contributed by atoms with Crippen LogP contribution >= 0.6 is 0 Å². The fraction of sp³-hybridized carbons (Fsp3) is 0.833. The summed E-state index contributed by atoms with van der Waals surface area (Å²) < 4.78 is 0. The standard InChI is InChI=1S/C12H20O4/c13-11(14)7-6-10(8-12(15)16)9-4-2-1-3-5-9/h9-10H,1-8H2,(H,13,14)(H,15,16). The molecule has 0 heterocycles. The van der Waals surface area contributed by atoms with E-state index < -0.39 is 11.9 Å². The van der Waals surface area contributed by atoms with Crippen LogP contribution < -0.4 is 0 Å². The van der Waals surface area contributed by atoms with Gasteiger partial charge in [0.1, 0.15) is 0 Å². The van der Waals surface area contributed by atoms with Gasteiger partial charge in [-0.3, -0.25) is 9.59 Å².